The summed E-state index contributed by atoms with van der Waals surface area (Å²) in [7, 11) is 0. The maximum absolute atomic E-state index is 13.0. The number of phenols is 1. The summed E-state index contributed by atoms with van der Waals surface area (Å²) in [4.78, 5) is 17.6. The Bertz CT molecular complexity index is 1040. The summed E-state index contributed by atoms with van der Waals surface area (Å²) < 4.78 is 0. The zero-order valence-electron chi connectivity index (χ0n) is 19.8. The van der Waals surface area contributed by atoms with E-state index in [1.807, 2.05) is 25.1 Å². The molecule has 1 amide bonds. The van der Waals surface area contributed by atoms with Gasteiger partial charge in [0.25, 0.3) is 0 Å². The van der Waals surface area contributed by atoms with Crippen LogP contribution in [0.3, 0.4) is 0 Å². The number of amides is 1. The third-order valence-electron chi connectivity index (χ3n) is 7.12. The van der Waals surface area contributed by atoms with Crippen LogP contribution in [-0.4, -0.2) is 48.6 Å². The van der Waals surface area contributed by atoms with Crippen molar-refractivity contribution in [2.45, 2.75) is 47.1 Å². The highest BCUT2D eigenvalue weighted by atomic mass is 35.5. The van der Waals surface area contributed by atoms with E-state index in [0.29, 0.717) is 12.3 Å². The van der Waals surface area contributed by atoms with Crippen LogP contribution in [0.1, 0.15) is 47.7 Å². The van der Waals surface area contributed by atoms with E-state index in [0.717, 1.165) is 48.7 Å². The second-order valence-corrected chi connectivity index (χ2v) is 10.5. The van der Waals surface area contributed by atoms with Crippen molar-refractivity contribution in [3.63, 3.8) is 0 Å². The standard InChI is InChI=1S/C26H34ClN3O2/c1-16-6-7-19(27)13-21(16)30-10-8-29(9-11-30)15-22(31)28-25-23-20(14-26(25,4)5)17(2)12-18(3)24(23)32/h6-7,12-13,25,32H,8-11,14-15H2,1-5H3,(H,28,31). The second-order valence-electron chi connectivity index (χ2n) is 10.1. The molecule has 0 saturated carbocycles. The fourth-order valence-corrected chi connectivity index (χ4v) is 5.46. The van der Waals surface area contributed by atoms with Crippen molar-refractivity contribution < 1.29 is 9.90 Å². The molecule has 1 aliphatic heterocycles. The van der Waals surface area contributed by atoms with Crippen LogP contribution in [0, 0.1) is 26.2 Å². The minimum absolute atomic E-state index is 0.0156. The number of halogens is 1. The minimum Gasteiger partial charge on any atom is -0.507 e. The van der Waals surface area contributed by atoms with Gasteiger partial charge < -0.3 is 15.3 Å². The number of piperazine rings is 1. The van der Waals surface area contributed by atoms with Gasteiger partial charge in [-0.1, -0.05) is 37.6 Å². The number of hydrogen-bond acceptors (Lipinski definition) is 4. The maximum Gasteiger partial charge on any atom is 0.234 e. The molecule has 1 saturated heterocycles. The van der Waals surface area contributed by atoms with E-state index in [2.05, 4.69) is 48.9 Å². The average Bonchev–Trinajstić information content (AvgIpc) is 3.00. The molecule has 0 bridgehead atoms. The van der Waals surface area contributed by atoms with Gasteiger partial charge >= 0.3 is 0 Å². The highest BCUT2D eigenvalue weighted by Crippen LogP contribution is 2.50. The Labute approximate surface area is 196 Å². The van der Waals surface area contributed by atoms with Gasteiger partial charge in [0.1, 0.15) is 5.75 Å². The van der Waals surface area contributed by atoms with Crippen LogP contribution in [-0.2, 0) is 11.2 Å². The first-order valence-corrected chi connectivity index (χ1v) is 11.8. The predicted molar refractivity (Wildman–Crippen MR) is 131 cm³/mol. The van der Waals surface area contributed by atoms with Gasteiger partial charge in [0, 0.05) is 42.5 Å². The van der Waals surface area contributed by atoms with Crippen molar-refractivity contribution in [1.29, 1.82) is 0 Å². The molecule has 2 aromatic rings. The molecule has 0 spiro atoms. The van der Waals surface area contributed by atoms with Gasteiger partial charge in [-0.15, -0.1) is 0 Å². The fraction of sp³-hybridized carbons (Fsp3) is 0.500. The normalized spacial score (nSPS) is 20.3. The molecular formula is C26H34ClN3O2. The van der Waals surface area contributed by atoms with Gasteiger partial charge in [0.15, 0.2) is 0 Å². The van der Waals surface area contributed by atoms with E-state index >= 15 is 0 Å². The summed E-state index contributed by atoms with van der Waals surface area (Å²) >= 11 is 6.20. The number of carbonyl (C=O) groups excluding carboxylic acids is 1. The van der Waals surface area contributed by atoms with Crippen LogP contribution in [0.2, 0.25) is 5.02 Å². The largest absolute Gasteiger partial charge is 0.507 e. The van der Waals surface area contributed by atoms with Crippen molar-refractivity contribution in [2.75, 3.05) is 37.6 Å². The number of nitrogens with one attached hydrogen (secondary N) is 1. The number of aryl methyl sites for hydroxylation is 3. The van der Waals surface area contributed by atoms with E-state index in [1.165, 1.54) is 22.4 Å². The summed E-state index contributed by atoms with van der Waals surface area (Å²) in [6, 6.07) is 7.85. The van der Waals surface area contributed by atoms with Crippen molar-refractivity contribution in [3.05, 3.63) is 57.1 Å². The summed E-state index contributed by atoms with van der Waals surface area (Å²) in [6.07, 6.45) is 0.852. The first kappa shape index (κ1) is 22.9. The molecule has 1 heterocycles. The highest BCUT2D eigenvalue weighted by Gasteiger charge is 2.43. The number of rotatable bonds is 4. The molecule has 6 heteroatoms. The molecule has 172 valence electrons. The van der Waals surface area contributed by atoms with Gasteiger partial charge in [-0.05, 0) is 67.0 Å². The lowest BCUT2D eigenvalue weighted by molar-refractivity contribution is -0.123. The SMILES string of the molecule is Cc1ccc(Cl)cc1N1CCN(CC(=O)NC2c3c(O)c(C)cc(C)c3CC2(C)C)CC1. The Morgan fingerprint density at radius 1 is 1.09 bits per heavy atom. The summed E-state index contributed by atoms with van der Waals surface area (Å²) in [5, 5.41) is 14.8. The van der Waals surface area contributed by atoms with Crippen molar-refractivity contribution in [1.82, 2.24) is 10.2 Å². The monoisotopic (exact) mass is 455 g/mol. The van der Waals surface area contributed by atoms with Crippen LogP contribution >= 0.6 is 11.6 Å². The van der Waals surface area contributed by atoms with E-state index in [9.17, 15) is 9.90 Å². The van der Waals surface area contributed by atoms with Gasteiger partial charge in [-0.3, -0.25) is 9.69 Å². The fourth-order valence-electron chi connectivity index (χ4n) is 5.29. The van der Waals surface area contributed by atoms with Crippen molar-refractivity contribution in [3.8, 4) is 5.75 Å². The number of fused-ring (bicyclic) bond motifs is 1. The molecule has 1 fully saturated rings. The van der Waals surface area contributed by atoms with Crippen LogP contribution in [0.5, 0.6) is 5.75 Å². The second kappa shape index (κ2) is 8.60. The molecule has 4 rings (SSSR count). The Kier molecular flexibility index (Phi) is 6.17. The third kappa shape index (κ3) is 4.33. The molecule has 1 unspecified atom stereocenters. The van der Waals surface area contributed by atoms with E-state index in [4.69, 9.17) is 11.6 Å². The highest BCUT2D eigenvalue weighted by molar-refractivity contribution is 6.30. The van der Waals surface area contributed by atoms with Crippen LogP contribution in [0.15, 0.2) is 24.3 Å². The van der Waals surface area contributed by atoms with Gasteiger partial charge in [-0.25, -0.2) is 0 Å². The lowest BCUT2D eigenvalue weighted by Crippen LogP contribution is -2.50. The average molecular weight is 456 g/mol. The Balaban J connectivity index is 1.41. The number of aromatic hydroxyl groups is 1. The van der Waals surface area contributed by atoms with Crippen molar-refractivity contribution in [2.24, 2.45) is 5.41 Å². The zero-order chi connectivity index (χ0) is 23.2. The lowest BCUT2D eigenvalue weighted by atomic mass is 9.85. The number of carbonyl (C=O) groups is 1. The van der Waals surface area contributed by atoms with Crippen molar-refractivity contribution >= 4 is 23.2 Å². The predicted octanol–water partition coefficient (Wildman–Crippen LogP) is 4.53. The quantitative estimate of drug-likeness (QED) is 0.711. The smallest absolute Gasteiger partial charge is 0.234 e. The number of nitrogens with zero attached hydrogens (tertiary/aromatic N) is 2. The molecule has 2 aliphatic rings. The van der Waals surface area contributed by atoms with E-state index in [-0.39, 0.29) is 17.4 Å². The number of benzene rings is 2. The molecule has 2 N–H and O–H groups in total. The van der Waals surface area contributed by atoms with E-state index < -0.39 is 0 Å². The Morgan fingerprint density at radius 2 is 1.78 bits per heavy atom. The summed E-state index contributed by atoms with van der Waals surface area (Å²) in [6.45, 7) is 14.2. The van der Waals surface area contributed by atoms with Gasteiger partial charge in [0.2, 0.25) is 5.91 Å². The molecule has 5 nitrogen and oxygen atoms in total. The molecule has 1 aliphatic carbocycles. The number of hydrogen-bond donors (Lipinski definition) is 2. The Morgan fingerprint density at radius 3 is 2.47 bits per heavy atom. The van der Waals surface area contributed by atoms with Crippen LogP contribution in [0.25, 0.3) is 0 Å². The number of phenolic OH excluding ortho intramolecular Hbond substituents is 1. The van der Waals surface area contributed by atoms with E-state index in [1.54, 1.807) is 0 Å². The Hall–Kier alpha value is -2.24. The molecular weight excluding hydrogens is 422 g/mol. The summed E-state index contributed by atoms with van der Waals surface area (Å²) in [5.74, 6) is 0.342. The maximum atomic E-state index is 13.0. The topological polar surface area (TPSA) is 55.8 Å². The summed E-state index contributed by atoms with van der Waals surface area (Å²) in [5.41, 5.74) is 6.38. The molecule has 0 aromatic heterocycles. The first-order valence-electron chi connectivity index (χ1n) is 11.4. The van der Waals surface area contributed by atoms with Gasteiger partial charge in [-0.2, -0.15) is 0 Å². The molecule has 2 aromatic carbocycles. The van der Waals surface area contributed by atoms with Crippen LogP contribution < -0.4 is 10.2 Å². The first-order chi connectivity index (χ1) is 15.1. The molecule has 1 atom stereocenters. The minimum atomic E-state index is -0.181. The van der Waals surface area contributed by atoms with Gasteiger partial charge in [0.05, 0.1) is 12.6 Å². The zero-order valence-corrected chi connectivity index (χ0v) is 20.5. The third-order valence-corrected chi connectivity index (χ3v) is 7.36. The van der Waals surface area contributed by atoms with Crippen LogP contribution in [0.4, 0.5) is 5.69 Å². The molecule has 32 heavy (non-hydrogen) atoms. The number of anilines is 1. The molecule has 0 radical (unpaired) electrons. The lowest BCUT2D eigenvalue weighted by Gasteiger charge is -2.37.